The van der Waals surface area contributed by atoms with Gasteiger partial charge >= 0.3 is 5.97 Å². The molecule has 2 unspecified atom stereocenters. The maximum Gasteiger partial charge on any atom is 0.310 e. The summed E-state index contributed by atoms with van der Waals surface area (Å²) in [6.45, 7) is 2.30. The molecule has 0 spiro atoms. The lowest BCUT2D eigenvalue weighted by atomic mass is 9.70. The molecule has 2 amide bonds. The van der Waals surface area contributed by atoms with E-state index < -0.39 is 23.2 Å². The minimum atomic E-state index is -1.10. The third-order valence-electron chi connectivity index (χ3n) is 4.40. The normalized spacial score (nSPS) is 21.7. The van der Waals surface area contributed by atoms with Crippen molar-refractivity contribution in [1.82, 2.24) is 5.32 Å². The number of carboxylic acids is 1. The lowest BCUT2D eigenvalue weighted by Crippen LogP contribution is -2.50. The van der Waals surface area contributed by atoms with Crippen LogP contribution in [0.15, 0.2) is 0 Å². The standard InChI is InChI=1S/C15H26N2O4/c1-15(14(20)21,9-5-3-2-4-6-10-16)11-7-8-12(18)17-13(11)19/h11H,2-10,16H2,1H3,(H,20,21)(H,17,18,19). The summed E-state index contributed by atoms with van der Waals surface area (Å²) in [4.78, 5) is 34.7. The highest BCUT2D eigenvalue weighted by Crippen LogP contribution is 2.38. The first kappa shape index (κ1) is 17.6. The Morgan fingerprint density at radius 3 is 2.48 bits per heavy atom. The molecule has 21 heavy (non-hydrogen) atoms. The van der Waals surface area contributed by atoms with Gasteiger partial charge in [0.25, 0.3) is 0 Å². The molecule has 1 aliphatic heterocycles. The van der Waals surface area contributed by atoms with Crippen LogP contribution in [0.1, 0.15) is 58.3 Å². The van der Waals surface area contributed by atoms with Gasteiger partial charge in [0.15, 0.2) is 0 Å². The van der Waals surface area contributed by atoms with E-state index in [1.54, 1.807) is 6.92 Å². The van der Waals surface area contributed by atoms with Gasteiger partial charge in [-0.2, -0.15) is 0 Å². The minimum absolute atomic E-state index is 0.218. The van der Waals surface area contributed by atoms with E-state index >= 15 is 0 Å². The van der Waals surface area contributed by atoms with E-state index in [-0.39, 0.29) is 12.3 Å². The first-order chi connectivity index (χ1) is 9.91. The molecule has 0 aromatic rings. The number of piperidine rings is 1. The van der Waals surface area contributed by atoms with E-state index in [0.29, 0.717) is 19.4 Å². The summed E-state index contributed by atoms with van der Waals surface area (Å²) >= 11 is 0. The van der Waals surface area contributed by atoms with Crippen LogP contribution in [0.2, 0.25) is 0 Å². The maximum absolute atomic E-state index is 11.9. The Morgan fingerprint density at radius 2 is 1.90 bits per heavy atom. The Morgan fingerprint density at radius 1 is 1.29 bits per heavy atom. The van der Waals surface area contributed by atoms with Gasteiger partial charge in [0, 0.05) is 6.42 Å². The third-order valence-corrected chi connectivity index (χ3v) is 4.40. The molecule has 0 aromatic heterocycles. The first-order valence-electron chi connectivity index (χ1n) is 7.69. The number of carbonyl (C=O) groups is 3. The van der Waals surface area contributed by atoms with Crippen molar-refractivity contribution in [3.63, 3.8) is 0 Å². The zero-order valence-electron chi connectivity index (χ0n) is 12.7. The number of nitrogens with one attached hydrogen (secondary N) is 1. The Labute approximate surface area is 125 Å². The number of unbranched alkanes of at least 4 members (excludes halogenated alkanes) is 4. The molecule has 0 aromatic carbocycles. The fraction of sp³-hybridized carbons (Fsp3) is 0.800. The highest BCUT2D eigenvalue weighted by Gasteiger charge is 2.46. The second-order valence-electron chi connectivity index (χ2n) is 6.03. The number of aliphatic carboxylic acids is 1. The topological polar surface area (TPSA) is 109 Å². The quantitative estimate of drug-likeness (QED) is 0.440. The van der Waals surface area contributed by atoms with E-state index in [4.69, 9.17) is 5.73 Å². The van der Waals surface area contributed by atoms with Crippen LogP contribution in [0.4, 0.5) is 0 Å². The van der Waals surface area contributed by atoms with Gasteiger partial charge in [-0.3, -0.25) is 19.7 Å². The Kier molecular flexibility index (Phi) is 6.81. The highest BCUT2D eigenvalue weighted by atomic mass is 16.4. The van der Waals surface area contributed by atoms with E-state index in [0.717, 1.165) is 32.1 Å². The van der Waals surface area contributed by atoms with Crippen LogP contribution in [0.3, 0.4) is 0 Å². The lowest BCUT2D eigenvalue weighted by molar-refractivity contribution is -0.159. The summed E-state index contributed by atoms with van der Waals surface area (Å²) in [5.41, 5.74) is 4.33. The summed E-state index contributed by atoms with van der Waals surface area (Å²) in [6, 6.07) is 0. The van der Waals surface area contributed by atoms with Crippen molar-refractivity contribution < 1.29 is 19.5 Å². The molecule has 6 heteroatoms. The second-order valence-corrected chi connectivity index (χ2v) is 6.03. The molecule has 0 radical (unpaired) electrons. The average Bonchev–Trinajstić information content (AvgIpc) is 2.42. The van der Waals surface area contributed by atoms with E-state index in [2.05, 4.69) is 5.32 Å². The summed E-state index contributed by atoms with van der Waals surface area (Å²) in [7, 11) is 0. The predicted molar refractivity (Wildman–Crippen MR) is 78.4 cm³/mol. The molecule has 1 fully saturated rings. The second kappa shape index (κ2) is 8.12. The van der Waals surface area contributed by atoms with Crippen molar-refractivity contribution >= 4 is 17.8 Å². The molecule has 0 bridgehead atoms. The Balaban J connectivity index is 2.55. The zero-order valence-corrected chi connectivity index (χ0v) is 12.7. The molecule has 1 heterocycles. The fourth-order valence-corrected chi connectivity index (χ4v) is 2.90. The van der Waals surface area contributed by atoms with Crippen LogP contribution < -0.4 is 11.1 Å². The molecule has 4 N–H and O–H groups in total. The number of amides is 2. The van der Waals surface area contributed by atoms with Gasteiger partial charge in [0.05, 0.1) is 11.3 Å². The minimum Gasteiger partial charge on any atom is -0.481 e. The zero-order chi connectivity index (χ0) is 15.9. The van der Waals surface area contributed by atoms with Gasteiger partial charge in [0.1, 0.15) is 0 Å². The smallest absolute Gasteiger partial charge is 0.310 e. The van der Waals surface area contributed by atoms with Crippen molar-refractivity contribution in [3.05, 3.63) is 0 Å². The molecule has 1 saturated heterocycles. The van der Waals surface area contributed by atoms with E-state index in [1.165, 1.54) is 0 Å². The van der Waals surface area contributed by atoms with Crippen LogP contribution in [0.5, 0.6) is 0 Å². The molecule has 120 valence electrons. The van der Waals surface area contributed by atoms with Crippen molar-refractivity contribution in [2.24, 2.45) is 17.1 Å². The number of hydrogen-bond donors (Lipinski definition) is 3. The Hall–Kier alpha value is -1.43. The van der Waals surface area contributed by atoms with Crippen molar-refractivity contribution in [2.45, 2.75) is 58.3 Å². The molecule has 2 atom stereocenters. The SMILES string of the molecule is CC(CCCCCCCN)(C(=O)O)C1CCC(=O)NC1=O. The first-order valence-corrected chi connectivity index (χ1v) is 7.69. The number of hydrogen-bond acceptors (Lipinski definition) is 4. The van der Waals surface area contributed by atoms with E-state index in [9.17, 15) is 19.5 Å². The van der Waals surface area contributed by atoms with Crippen LogP contribution in [-0.2, 0) is 14.4 Å². The highest BCUT2D eigenvalue weighted by molar-refractivity contribution is 6.00. The van der Waals surface area contributed by atoms with Gasteiger partial charge < -0.3 is 10.8 Å². The summed E-state index contributed by atoms with van der Waals surface area (Å²) in [5.74, 6) is -2.35. The third kappa shape index (κ3) is 4.81. The monoisotopic (exact) mass is 298 g/mol. The Bertz CT molecular complexity index is 397. The van der Waals surface area contributed by atoms with Gasteiger partial charge in [-0.25, -0.2) is 0 Å². The lowest BCUT2D eigenvalue weighted by Gasteiger charge is -2.35. The van der Waals surface area contributed by atoms with Gasteiger partial charge in [0.2, 0.25) is 11.8 Å². The largest absolute Gasteiger partial charge is 0.481 e. The van der Waals surface area contributed by atoms with Crippen molar-refractivity contribution in [3.8, 4) is 0 Å². The molecule has 6 nitrogen and oxygen atoms in total. The van der Waals surface area contributed by atoms with Gasteiger partial charge in [-0.15, -0.1) is 0 Å². The van der Waals surface area contributed by atoms with E-state index in [1.807, 2.05) is 0 Å². The number of nitrogens with two attached hydrogens (primary N) is 1. The molecule has 1 aliphatic rings. The number of imide groups is 1. The summed E-state index contributed by atoms with van der Waals surface area (Å²) in [5, 5.41) is 11.8. The molecule has 0 aliphatic carbocycles. The van der Waals surface area contributed by atoms with Crippen molar-refractivity contribution in [2.75, 3.05) is 6.54 Å². The fourth-order valence-electron chi connectivity index (χ4n) is 2.90. The van der Waals surface area contributed by atoms with Crippen LogP contribution >= 0.6 is 0 Å². The number of rotatable bonds is 9. The van der Waals surface area contributed by atoms with Crippen molar-refractivity contribution in [1.29, 1.82) is 0 Å². The molecular weight excluding hydrogens is 272 g/mol. The van der Waals surface area contributed by atoms with Crippen LogP contribution in [0.25, 0.3) is 0 Å². The average molecular weight is 298 g/mol. The summed E-state index contributed by atoms with van der Waals surface area (Å²) in [6.07, 6.45) is 5.78. The maximum atomic E-state index is 11.9. The number of carboxylic acid groups (broad SMARTS) is 1. The van der Waals surface area contributed by atoms with Gasteiger partial charge in [-0.05, 0) is 32.7 Å². The predicted octanol–water partition coefficient (Wildman–Crippen LogP) is 1.43. The van der Waals surface area contributed by atoms with Gasteiger partial charge in [-0.1, -0.05) is 25.7 Å². The number of carbonyl (C=O) groups excluding carboxylic acids is 2. The molecule has 1 rings (SSSR count). The molecule has 0 saturated carbocycles. The van der Waals surface area contributed by atoms with Crippen LogP contribution in [-0.4, -0.2) is 29.4 Å². The summed E-state index contributed by atoms with van der Waals surface area (Å²) < 4.78 is 0. The van der Waals surface area contributed by atoms with Crippen LogP contribution in [0, 0.1) is 11.3 Å². The molecular formula is C15H26N2O4.